The molecule has 0 amide bonds. The van der Waals surface area contributed by atoms with Crippen LogP contribution >= 0.6 is 0 Å². The Labute approximate surface area is 194 Å². The van der Waals surface area contributed by atoms with Crippen molar-refractivity contribution in [3.8, 4) is 5.75 Å². The SMILES string of the molecule is Nc1ccc(C2(c3ccc(O)c(C4CCCCC4)c3)CCCCC2)cc1C1CCCCC1. The van der Waals surface area contributed by atoms with Gasteiger partial charge < -0.3 is 10.8 Å². The Balaban J connectivity index is 1.56. The zero-order chi connectivity index (χ0) is 22.0. The summed E-state index contributed by atoms with van der Waals surface area (Å²) in [7, 11) is 0. The van der Waals surface area contributed by atoms with Gasteiger partial charge in [-0.1, -0.05) is 82.1 Å². The van der Waals surface area contributed by atoms with Crippen LogP contribution in [-0.4, -0.2) is 5.11 Å². The summed E-state index contributed by atoms with van der Waals surface area (Å²) in [5.41, 5.74) is 13.1. The summed E-state index contributed by atoms with van der Waals surface area (Å²) in [6.07, 6.45) is 19.3. The lowest BCUT2D eigenvalue weighted by atomic mass is 9.64. The summed E-state index contributed by atoms with van der Waals surface area (Å²) in [6, 6.07) is 13.6. The molecule has 2 nitrogen and oxygen atoms in total. The molecule has 0 aliphatic heterocycles. The number of aromatic hydroxyl groups is 1. The summed E-state index contributed by atoms with van der Waals surface area (Å²) in [4.78, 5) is 0. The van der Waals surface area contributed by atoms with Crippen molar-refractivity contribution in [3.05, 3.63) is 58.7 Å². The predicted molar refractivity (Wildman–Crippen MR) is 134 cm³/mol. The van der Waals surface area contributed by atoms with E-state index in [-0.39, 0.29) is 5.41 Å². The van der Waals surface area contributed by atoms with Crippen LogP contribution in [0, 0.1) is 0 Å². The quantitative estimate of drug-likeness (QED) is 0.478. The van der Waals surface area contributed by atoms with Crippen molar-refractivity contribution in [1.29, 1.82) is 0 Å². The highest BCUT2D eigenvalue weighted by atomic mass is 16.3. The minimum Gasteiger partial charge on any atom is -0.508 e. The van der Waals surface area contributed by atoms with Gasteiger partial charge in [0.25, 0.3) is 0 Å². The molecule has 0 aromatic heterocycles. The monoisotopic (exact) mass is 431 g/mol. The van der Waals surface area contributed by atoms with Crippen molar-refractivity contribution in [2.45, 2.75) is 114 Å². The lowest BCUT2D eigenvalue weighted by Crippen LogP contribution is -2.31. The van der Waals surface area contributed by atoms with Crippen LogP contribution in [0.25, 0.3) is 0 Å². The fraction of sp³-hybridized carbons (Fsp3) is 0.600. The van der Waals surface area contributed by atoms with Crippen molar-refractivity contribution < 1.29 is 5.11 Å². The van der Waals surface area contributed by atoms with Gasteiger partial charge in [0.05, 0.1) is 0 Å². The molecular formula is C30H41NO. The van der Waals surface area contributed by atoms with E-state index >= 15 is 0 Å². The molecule has 2 aromatic carbocycles. The van der Waals surface area contributed by atoms with Crippen LogP contribution in [0.3, 0.4) is 0 Å². The average molecular weight is 432 g/mol. The first-order valence-corrected chi connectivity index (χ1v) is 13.4. The van der Waals surface area contributed by atoms with Gasteiger partial charge in [-0.2, -0.15) is 0 Å². The van der Waals surface area contributed by atoms with Gasteiger partial charge >= 0.3 is 0 Å². The first-order valence-electron chi connectivity index (χ1n) is 13.4. The van der Waals surface area contributed by atoms with Crippen molar-refractivity contribution >= 4 is 5.69 Å². The largest absolute Gasteiger partial charge is 0.508 e. The molecule has 0 atom stereocenters. The summed E-state index contributed by atoms with van der Waals surface area (Å²) in [6.45, 7) is 0. The molecule has 172 valence electrons. The number of phenolic OH excluding ortho intramolecular Hbond substituents is 1. The Morgan fingerprint density at radius 2 is 1.12 bits per heavy atom. The maximum atomic E-state index is 10.8. The van der Waals surface area contributed by atoms with Gasteiger partial charge in [-0.15, -0.1) is 0 Å². The Morgan fingerprint density at radius 1 is 0.625 bits per heavy atom. The predicted octanol–water partition coefficient (Wildman–Crippen LogP) is 8.32. The third-order valence-corrected chi connectivity index (χ3v) is 9.02. The van der Waals surface area contributed by atoms with Crippen LogP contribution in [0.4, 0.5) is 5.69 Å². The van der Waals surface area contributed by atoms with E-state index in [0.29, 0.717) is 17.6 Å². The van der Waals surface area contributed by atoms with E-state index in [1.165, 1.54) is 119 Å². The Bertz CT molecular complexity index is 845. The Hall–Kier alpha value is -1.96. The van der Waals surface area contributed by atoms with Crippen molar-refractivity contribution in [2.24, 2.45) is 0 Å². The second kappa shape index (κ2) is 9.49. The summed E-state index contributed by atoms with van der Waals surface area (Å²) in [5.74, 6) is 1.65. The number of hydrogen-bond acceptors (Lipinski definition) is 2. The zero-order valence-electron chi connectivity index (χ0n) is 19.7. The number of hydrogen-bond donors (Lipinski definition) is 2. The van der Waals surface area contributed by atoms with Crippen molar-refractivity contribution in [1.82, 2.24) is 0 Å². The molecule has 3 saturated carbocycles. The van der Waals surface area contributed by atoms with E-state index in [9.17, 15) is 5.11 Å². The summed E-state index contributed by atoms with van der Waals surface area (Å²) < 4.78 is 0. The highest BCUT2D eigenvalue weighted by molar-refractivity contribution is 5.55. The zero-order valence-corrected chi connectivity index (χ0v) is 19.7. The molecular weight excluding hydrogens is 390 g/mol. The number of rotatable bonds is 4. The highest BCUT2D eigenvalue weighted by Gasteiger charge is 2.37. The molecule has 3 aliphatic rings. The van der Waals surface area contributed by atoms with Gasteiger partial charge in [0, 0.05) is 11.1 Å². The third kappa shape index (κ3) is 4.18. The lowest BCUT2D eigenvalue weighted by molar-refractivity contribution is 0.343. The number of anilines is 1. The van der Waals surface area contributed by atoms with Crippen LogP contribution in [0.1, 0.15) is 130 Å². The molecule has 2 heteroatoms. The summed E-state index contributed by atoms with van der Waals surface area (Å²) in [5, 5.41) is 10.8. The van der Waals surface area contributed by atoms with Gasteiger partial charge in [0.1, 0.15) is 5.75 Å². The third-order valence-electron chi connectivity index (χ3n) is 9.02. The van der Waals surface area contributed by atoms with Crippen LogP contribution in [-0.2, 0) is 5.41 Å². The maximum absolute atomic E-state index is 10.8. The Kier molecular flexibility index (Phi) is 6.49. The number of nitrogens with two attached hydrogens (primary N) is 1. The molecule has 2 aromatic rings. The van der Waals surface area contributed by atoms with E-state index in [1.807, 2.05) is 6.07 Å². The van der Waals surface area contributed by atoms with Gasteiger partial charge in [-0.05, 0) is 84.7 Å². The fourth-order valence-electron chi connectivity index (χ4n) is 7.13. The topological polar surface area (TPSA) is 46.2 Å². The normalized spacial score (nSPS) is 22.6. The molecule has 32 heavy (non-hydrogen) atoms. The van der Waals surface area contributed by atoms with E-state index in [4.69, 9.17) is 5.73 Å². The molecule has 0 bridgehead atoms. The first-order chi connectivity index (χ1) is 15.7. The standard InChI is InChI=1S/C30H41NO/c31-28-16-14-24(20-26(28)22-10-4-1-5-11-22)30(18-8-3-9-19-30)25-15-17-29(32)27(21-25)23-12-6-2-7-13-23/h14-17,20-23,32H,1-13,18-19,31H2. The molecule has 0 spiro atoms. The van der Waals surface area contributed by atoms with E-state index in [0.717, 1.165) is 5.69 Å². The minimum absolute atomic E-state index is 0.0620. The maximum Gasteiger partial charge on any atom is 0.119 e. The first kappa shape index (κ1) is 21.9. The second-order valence-electron chi connectivity index (χ2n) is 10.9. The molecule has 3 N–H and O–H groups in total. The number of nitrogen functional groups attached to an aromatic ring is 1. The van der Waals surface area contributed by atoms with Gasteiger partial charge in [0.2, 0.25) is 0 Å². The molecule has 0 saturated heterocycles. The molecule has 3 fully saturated rings. The second-order valence-corrected chi connectivity index (χ2v) is 10.9. The number of benzene rings is 2. The highest BCUT2D eigenvalue weighted by Crippen LogP contribution is 2.49. The van der Waals surface area contributed by atoms with Gasteiger partial charge in [-0.25, -0.2) is 0 Å². The lowest BCUT2D eigenvalue weighted by Gasteiger charge is -2.40. The van der Waals surface area contributed by atoms with Crippen molar-refractivity contribution in [2.75, 3.05) is 5.73 Å². The van der Waals surface area contributed by atoms with Crippen LogP contribution in [0.5, 0.6) is 5.75 Å². The van der Waals surface area contributed by atoms with Crippen LogP contribution < -0.4 is 5.73 Å². The molecule has 0 heterocycles. The minimum atomic E-state index is 0.0620. The molecule has 0 radical (unpaired) electrons. The molecule has 5 rings (SSSR count). The summed E-state index contributed by atoms with van der Waals surface area (Å²) >= 11 is 0. The number of phenols is 1. The van der Waals surface area contributed by atoms with Crippen LogP contribution in [0.2, 0.25) is 0 Å². The van der Waals surface area contributed by atoms with Crippen molar-refractivity contribution in [3.63, 3.8) is 0 Å². The molecule has 0 unspecified atom stereocenters. The van der Waals surface area contributed by atoms with E-state index in [2.05, 4.69) is 30.3 Å². The van der Waals surface area contributed by atoms with Gasteiger partial charge in [-0.3, -0.25) is 0 Å². The smallest absolute Gasteiger partial charge is 0.119 e. The average Bonchev–Trinajstić information content (AvgIpc) is 2.86. The van der Waals surface area contributed by atoms with Gasteiger partial charge in [0.15, 0.2) is 0 Å². The molecule has 3 aliphatic carbocycles. The van der Waals surface area contributed by atoms with Crippen LogP contribution in [0.15, 0.2) is 36.4 Å². The Morgan fingerprint density at radius 3 is 1.75 bits per heavy atom. The van der Waals surface area contributed by atoms with E-state index in [1.54, 1.807) is 0 Å². The fourth-order valence-corrected chi connectivity index (χ4v) is 7.13. The van der Waals surface area contributed by atoms with E-state index < -0.39 is 0 Å².